The molecule has 0 N–H and O–H groups in total. The van der Waals surface area contributed by atoms with Crippen molar-refractivity contribution in [3.63, 3.8) is 0 Å². The summed E-state index contributed by atoms with van der Waals surface area (Å²) in [7, 11) is 0. The Morgan fingerprint density at radius 1 is 1.32 bits per heavy atom. The van der Waals surface area contributed by atoms with Gasteiger partial charge in [0.15, 0.2) is 5.78 Å². The van der Waals surface area contributed by atoms with Crippen LogP contribution in [0.4, 0.5) is 0 Å². The highest BCUT2D eigenvalue weighted by Crippen LogP contribution is 2.53. The summed E-state index contributed by atoms with van der Waals surface area (Å²) in [5.74, 6) is 0.0523. The number of hydrogen-bond donors (Lipinski definition) is 0. The topological polar surface area (TPSA) is 43.4 Å². The number of Topliss-reactive ketones (excluding diaryl/α,β-unsaturated/α-hetero) is 2. The molecular formula is C19H22O3. The summed E-state index contributed by atoms with van der Waals surface area (Å²) in [6.07, 6.45) is 4.47. The van der Waals surface area contributed by atoms with Crippen molar-refractivity contribution in [1.29, 1.82) is 0 Å². The van der Waals surface area contributed by atoms with Crippen molar-refractivity contribution in [2.24, 2.45) is 11.3 Å². The van der Waals surface area contributed by atoms with E-state index in [9.17, 15) is 9.59 Å². The molecule has 0 unspecified atom stereocenters. The van der Waals surface area contributed by atoms with E-state index in [1.165, 1.54) is 0 Å². The maximum atomic E-state index is 13.0. The maximum Gasteiger partial charge on any atom is 0.182 e. The monoisotopic (exact) mass is 298 g/mol. The van der Waals surface area contributed by atoms with Gasteiger partial charge in [0.05, 0.1) is 12.0 Å². The van der Waals surface area contributed by atoms with Crippen molar-refractivity contribution in [3.8, 4) is 0 Å². The van der Waals surface area contributed by atoms with E-state index in [4.69, 9.17) is 4.74 Å². The summed E-state index contributed by atoms with van der Waals surface area (Å²) in [6.45, 7) is 6.00. The summed E-state index contributed by atoms with van der Waals surface area (Å²) in [5.41, 5.74) is -0.888. The molecule has 2 fully saturated rings. The van der Waals surface area contributed by atoms with E-state index < -0.39 is 11.0 Å². The average Bonchev–Trinajstić information content (AvgIpc) is 2.78. The van der Waals surface area contributed by atoms with E-state index in [-0.39, 0.29) is 17.5 Å². The lowest BCUT2D eigenvalue weighted by molar-refractivity contribution is -0.149. The van der Waals surface area contributed by atoms with Crippen LogP contribution in [0.25, 0.3) is 0 Å². The Balaban J connectivity index is 1.86. The molecule has 0 radical (unpaired) electrons. The lowest BCUT2D eigenvalue weighted by Gasteiger charge is -2.32. The normalized spacial score (nSPS) is 34.5. The predicted octanol–water partition coefficient (Wildman–Crippen LogP) is 3.48. The van der Waals surface area contributed by atoms with Gasteiger partial charge < -0.3 is 4.74 Å². The number of ketones is 2. The average molecular weight is 298 g/mol. The molecule has 2 saturated carbocycles. The van der Waals surface area contributed by atoms with Crippen LogP contribution in [0.1, 0.15) is 38.2 Å². The molecule has 0 bridgehead atoms. The van der Waals surface area contributed by atoms with Crippen LogP contribution in [0.2, 0.25) is 0 Å². The number of fused-ring (bicyclic) bond motifs is 1. The first-order valence-corrected chi connectivity index (χ1v) is 7.92. The molecule has 3 heteroatoms. The Kier molecular flexibility index (Phi) is 3.77. The minimum absolute atomic E-state index is 0.0702. The molecular weight excluding hydrogens is 276 g/mol. The highest BCUT2D eigenvalue weighted by Gasteiger charge is 2.63. The Bertz CT molecular complexity index is 606. The summed E-state index contributed by atoms with van der Waals surface area (Å²) in [5, 5.41) is 0. The highest BCUT2D eigenvalue weighted by molar-refractivity contribution is 6.13. The van der Waals surface area contributed by atoms with Gasteiger partial charge in [-0.15, -0.1) is 0 Å². The van der Waals surface area contributed by atoms with E-state index in [0.717, 1.165) is 18.4 Å². The first-order valence-electron chi connectivity index (χ1n) is 7.92. The molecule has 2 aliphatic carbocycles. The molecule has 22 heavy (non-hydrogen) atoms. The highest BCUT2D eigenvalue weighted by atomic mass is 16.5. The maximum absolute atomic E-state index is 13.0. The predicted molar refractivity (Wildman–Crippen MR) is 84.2 cm³/mol. The van der Waals surface area contributed by atoms with Crippen molar-refractivity contribution in [3.05, 3.63) is 48.6 Å². The van der Waals surface area contributed by atoms with Crippen LogP contribution in [0.3, 0.4) is 0 Å². The molecule has 0 saturated heterocycles. The molecule has 0 aliphatic heterocycles. The minimum Gasteiger partial charge on any atom is -0.358 e. The number of benzene rings is 1. The Morgan fingerprint density at radius 2 is 2.05 bits per heavy atom. The Hall–Kier alpha value is -1.74. The molecule has 1 aromatic carbocycles. The first kappa shape index (κ1) is 15.2. The van der Waals surface area contributed by atoms with Crippen LogP contribution in [0.5, 0.6) is 0 Å². The van der Waals surface area contributed by atoms with Gasteiger partial charge in [0.1, 0.15) is 11.4 Å². The van der Waals surface area contributed by atoms with Crippen LogP contribution in [-0.4, -0.2) is 17.2 Å². The zero-order valence-electron chi connectivity index (χ0n) is 13.0. The molecule has 116 valence electrons. The number of carbonyl (C=O) groups excluding carboxylic acids is 2. The van der Waals surface area contributed by atoms with E-state index in [2.05, 4.69) is 6.58 Å². The summed E-state index contributed by atoms with van der Waals surface area (Å²) < 4.78 is 6.02. The lowest BCUT2D eigenvalue weighted by Crippen LogP contribution is -2.46. The molecule has 2 aliphatic rings. The number of rotatable bonds is 4. The van der Waals surface area contributed by atoms with E-state index in [0.29, 0.717) is 19.4 Å². The van der Waals surface area contributed by atoms with Gasteiger partial charge >= 0.3 is 0 Å². The smallest absolute Gasteiger partial charge is 0.182 e. The fourth-order valence-electron chi connectivity index (χ4n) is 3.95. The van der Waals surface area contributed by atoms with E-state index >= 15 is 0 Å². The first-order chi connectivity index (χ1) is 10.5. The molecule has 0 heterocycles. The number of carbonyl (C=O) groups is 2. The zero-order valence-corrected chi connectivity index (χ0v) is 13.0. The van der Waals surface area contributed by atoms with Crippen LogP contribution < -0.4 is 0 Å². The van der Waals surface area contributed by atoms with Crippen molar-refractivity contribution >= 4 is 11.6 Å². The molecule has 0 amide bonds. The standard InChI is InChI=1S/C19H22O3/c1-3-19(22-13-14-8-5-4-6-9-14)12-15-10-7-11-16(20)18(15,2)17(19)21/h3-6,8-9,15H,1,7,10-13H2,2H3/t15-,18+,19-/m0/s1. The molecule has 3 rings (SSSR count). The van der Waals surface area contributed by atoms with Crippen LogP contribution in [0, 0.1) is 11.3 Å². The minimum atomic E-state index is -1.02. The van der Waals surface area contributed by atoms with Gasteiger partial charge in [-0.3, -0.25) is 9.59 Å². The third kappa shape index (κ3) is 2.15. The van der Waals surface area contributed by atoms with E-state index in [1.54, 1.807) is 13.0 Å². The number of ether oxygens (including phenoxy) is 1. The largest absolute Gasteiger partial charge is 0.358 e. The number of hydrogen-bond acceptors (Lipinski definition) is 3. The molecule has 1 aromatic rings. The molecule has 3 atom stereocenters. The van der Waals surface area contributed by atoms with Gasteiger partial charge in [-0.2, -0.15) is 0 Å². The summed E-state index contributed by atoms with van der Waals surface area (Å²) in [6, 6.07) is 9.77. The van der Waals surface area contributed by atoms with Crippen molar-refractivity contribution in [2.45, 2.75) is 44.8 Å². The van der Waals surface area contributed by atoms with Gasteiger partial charge in [-0.05, 0) is 37.7 Å². The van der Waals surface area contributed by atoms with Gasteiger partial charge in [0, 0.05) is 6.42 Å². The fourth-order valence-corrected chi connectivity index (χ4v) is 3.95. The third-order valence-electron chi connectivity index (χ3n) is 5.43. The van der Waals surface area contributed by atoms with Crippen molar-refractivity contribution in [1.82, 2.24) is 0 Å². The molecule has 0 aromatic heterocycles. The van der Waals surface area contributed by atoms with Crippen molar-refractivity contribution in [2.75, 3.05) is 0 Å². The van der Waals surface area contributed by atoms with Gasteiger partial charge in [0.2, 0.25) is 0 Å². The van der Waals surface area contributed by atoms with Gasteiger partial charge in [0.25, 0.3) is 0 Å². The summed E-state index contributed by atoms with van der Waals surface area (Å²) in [4.78, 5) is 25.4. The van der Waals surface area contributed by atoms with Crippen LogP contribution in [-0.2, 0) is 20.9 Å². The fraction of sp³-hybridized carbons (Fsp3) is 0.474. The lowest BCUT2D eigenvalue weighted by atomic mass is 9.68. The van der Waals surface area contributed by atoms with E-state index in [1.807, 2.05) is 30.3 Å². The van der Waals surface area contributed by atoms with Gasteiger partial charge in [-0.1, -0.05) is 43.0 Å². The van der Waals surface area contributed by atoms with Crippen LogP contribution in [0.15, 0.2) is 43.0 Å². The second-order valence-corrected chi connectivity index (χ2v) is 6.62. The second kappa shape index (κ2) is 5.47. The van der Waals surface area contributed by atoms with Crippen LogP contribution >= 0.6 is 0 Å². The van der Waals surface area contributed by atoms with Crippen molar-refractivity contribution < 1.29 is 14.3 Å². The zero-order chi connectivity index (χ0) is 15.8. The quantitative estimate of drug-likeness (QED) is 0.631. The SMILES string of the molecule is C=C[C@]1(OCc2ccccc2)C[C@@H]2CCCC(=O)[C@]2(C)C1=O. The summed E-state index contributed by atoms with van der Waals surface area (Å²) >= 11 is 0. The molecule has 3 nitrogen and oxygen atoms in total. The molecule has 0 spiro atoms. The van der Waals surface area contributed by atoms with Gasteiger partial charge in [-0.25, -0.2) is 0 Å². The Labute approximate surface area is 131 Å². The Morgan fingerprint density at radius 3 is 2.68 bits per heavy atom. The third-order valence-corrected chi connectivity index (χ3v) is 5.43. The second-order valence-electron chi connectivity index (χ2n) is 6.62.